The van der Waals surface area contributed by atoms with E-state index in [4.69, 9.17) is 4.74 Å². The Morgan fingerprint density at radius 1 is 1.29 bits per heavy atom. The third-order valence-corrected chi connectivity index (χ3v) is 2.94. The zero-order valence-corrected chi connectivity index (χ0v) is 10.8. The van der Waals surface area contributed by atoms with Gasteiger partial charge < -0.3 is 4.74 Å². The van der Waals surface area contributed by atoms with Crippen molar-refractivity contribution in [3.63, 3.8) is 0 Å². The molecule has 0 fully saturated rings. The largest absolute Gasteiger partial charge is 0.496 e. The molecule has 0 heterocycles. The van der Waals surface area contributed by atoms with Crippen molar-refractivity contribution in [1.82, 2.24) is 0 Å². The van der Waals surface area contributed by atoms with E-state index >= 15 is 0 Å². The van der Waals surface area contributed by atoms with Crippen molar-refractivity contribution in [3.05, 3.63) is 34.1 Å². The number of aryl methyl sites for hydroxylation is 1. The molecule has 0 radical (unpaired) electrons. The molecular weight excluding hydrogens is 219 g/mol. The van der Waals surface area contributed by atoms with Gasteiger partial charge in [-0.1, -0.05) is 0 Å². The normalized spacial score (nSPS) is 11.5. The highest BCUT2D eigenvalue weighted by atomic mass is 19.1. The highest BCUT2D eigenvalue weighted by Crippen LogP contribution is 2.29. The van der Waals surface area contributed by atoms with Crippen LogP contribution in [-0.2, 0) is 4.79 Å². The maximum atomic E-state index is 13.4. The minimum absolute atomic E-state index is 0.558. The van der Waals surface area contributed by atoms with Crippen LogP contribution < -0.4 is 4.74 Å². The molecule has 0 saturated heterocycles. The number of hydrogen-bond acceptors (Lipinski definition) is 2. The molecule has 92 valence electrons. The molecule has 1 aromatic carbocycles. The zero-order chi connectivity index (χ0) is 13.2. The maximum Gasteiger partial charge on any atom is 0.188 e. The highest BCUT2D eigenvalue weighted by molar-refractivity contribution is 5.95. The summed E-state index contributed by atoms with van der Waals surface area (Å²) in [6, 6.07) is 1.85. The highest BCUT2D eigenvalue weighted by Gasteiger charge is 2.11. The van der Waals surface area contributed by atoms with Gasteiger partial charge >= 0.3 is 0 Å². The Kier molecular flexibility index (Phi) is 4.05. The molecule has 0 N–H and O–H groups in total. The SMILES string of the molecule is COc1cc(C)c(C=C(F)C(C)=O)c(C)c1C. The van der Waals surface area contributed by atoms with E-state index in [9.17, 15) is 9.18 Å². The Balaban J connectivity index is 3.41. The average Bonchev–Trinajstić information content (AvgIpc) is 2.28. The van der Waals surface area contributed by atoms with Crippen molar-refractivity contribution in [1.29, 1.82) is 0 Å². The average molecular weight is 236 g/mol. The first kappa shape index (κ1) is 13.4. The van der Waals surface area contributed by atoms with Gasteiger partial charge in [0.15, 0.2) is 11.6 Å². The first-order valence-electron chi connectivity index (χ1n) is 5.41. The number of hydrogen-bond donors (Lipinski definition) is 0. The number of ether oxygens (including phenoxy) is 1. The van der Waals surface area contributed by atoms with Gasteiger partial charge in [-0.2, -0.15) is 0 Å². The van der Waals surface area contributed by atoms with Gasteiger partial charge in [0.1, 0.15) is 5.75 Å². The predicted octanol–water partition coefficient (Wildman–Crippen LogP) is 3.52. The van der Waals surface area contributed by atoms with Crippen molar-refractivity contribution in [2.24, 2.45) is 0 Å². The fourth-order valence-electron chi connectivity index (χ4n) is 1.73. The smallest absolute Gasteiger partial charge is 0.188 e. The first-order valence-corrected chi connectivity index (χ1v) is 5.41. The number of ketones is 1. The van der Waals surface area contributed by atoms with Crippen LogP contribution in [0.3, 0.4) is 0 Å². The molecule has 2 nitrogen and oxygen atoms in total. The lowest BCUT2D eigenvalue weighted by Gasteiger charge is -2.13. The Morgan fingerprint density at radius 2 is 1.88 bits per heavy atom. The zero-order valence-electron chi connectivity index (χ0n) is 10.8. The van der Waals surface area contributed by atoms with Crippen molar-refractivity contribution < 1.29 is 13.9 Å². The second-order valence-corrected chi connectivity index (χ2v) is 4.11. The summed E-state index contributed by atoms with van der Waals surface area (Å²) in [4.78, 5) is 10.9. The van der Waals surface area contributed by atoms with Gasteiger partial charge in [0.05, 0.1) is 7.11 Å². The van der Waals surface area contributed by atoms with E-state index in [0.717, 1.165) is 28.0 Å². The Labute approximate surface area is 101 Å². The number of halogens is 1. The molecule has 17 heavy (non-hydrogen) atoms. The van der Waals surface area contributed by atoms with Crippen molar-refractivity contribution in [3.8, 4) is 5.75 Å². The van der Waals surface area contributed by atoms with Gasteiger partial charge in [-0.05, 0) is 55.2 Å². The van der Waals surface area contributed by atoms with Crippen LogP contribution in [-0.4, -0.2) is 12.9 Å². The molecule has 0 amide bonds. The number of methoxy groups -OCH3 is 1. The summed E-state index contributed by atoms with van der Waals surface area (Å²) in [5.41, 5.74) is 3.52. The van der Waals surface area contributed by atoms with Crippen LogP contribution in [0, 0.1) is 20.8 Å². The third-order valence-electron chi connectivity index (χ3n) is 2.94. The van der Waals surface area contributed by atoms with Gasteiger partial charge in [-0.3, -0.25) is 4.79 Å². The summed E-state index contributed by atoms with van der Waals surface area (Å²) in [5.74, 6) is -0.501. The van der Waals surface area contributed by atoms with E-state index in [1.807, 2.05) is 26.8 Å². The Morgan fingerprint density at radius 3 is 2.35 bits per heavy atom. The van der Waals surface area contributed by atoms with Crippen molar-refractivity contribution in [2.45, 2.75) is 27.7 Å². The Bertz CT molecular complexity index is 487. The number of allylic oxidation sites excluding steroid dienone is 1. The lowest BCUT2D eigenvalue weighted by Crippen LogP contribution is -1.97. The Hall–Kier alpha value is -1.64. The number of carbonyl (C=O) groups is 1. The molecule has 0 bridgehead atoms. The minimum atomic E-state index is -0.722. The van der Waals surface area contributed by atoms with Crippen LogP contribution in [0.25, 0.3) is 6.08 Å². The van der Waals surface area contributed by atoms with Gasteiger partial charge in [-0.15, -0.1) is 0 Å². The summed E-state index contributed by atoms with van der Waals surface area (Å²) in [6.45, 7) is 6.89. The molecule has 0 unspecified atom stereocenters. The standard InChI is InChI=1S/C14H17FO2/c1-8-6-14(17-5)10(3)9(2)12(8)7-13(15)11(4)16/h6-7H,1-5H3. The molecule has 0 aromatic heterocycles. The van der Waals surface area contributed by atoms with Crippen LogP contribution in [0.4, 0.5) is 4.39 Å². The number of rotatable bonds is 3. The number of Topliss-reactive ketones (excluding diaryl/α,β-unsaturated/α-hetero) is 1. The van der Waals surface area contributed by atoms with E-state index in [0.29, 0.717) is 0 Å². The fourth-order valence-corrected chi connectivity index (χ4v) is 1.73. The summed E-state index contributed by atoms with van der Waals surface area (Å²) >= 11 is 0. The predicted molar refractivity (Wildman–Crippen MR) is 67.0 cm³/mol. The maximum absolute atomic E-state index is 13.4. The van der Waals surface area contributed by atoms with Gasteiger partial charge in [0, 0.05) is 6.92 Å². The van der Waals surface area contributed by atoms with Crippen LogP contribution in [0.5, 0.6) is 5.75 Å². The van der Waals surface area contributed by atoms with Gasteiger partial charge in [0.2, 0.25) is 0 Å². The molecule has 1 aromatic rings. The summed E-state index contributed by atoms with van der Waals surface area (Å²) in [6.07, 6.45) is 1.29. The molecule has 0 aliphatic heterocycles. The molecular formula is C14H17FO2. The van der Waals surface area contributed by atoms with E-state index < -0.39 is 11.6 Å². The van der Waals surface area contributed by atoms with Crippen molar-refractivity contribution in [2.75, 3.05) is 7.11 Å². The summed E-state index contributed by atoms with van der Waals surface area (Å²) in [7, 11) is 1.60. The van der Waals surface area contributed by atoms with Gasteiger partial charge in [-0.25, -0.2) is 4.39 Å². The van der Waals surface area contributed by atoms with E-state index in [-0.39, 0.29) is 0 Å². The van der Waals surface area contributed by atoms with Crippen LogP contribution in [0.2, 0.25) is 0 Å². The molecule has 0 aliphatic carbocycles. The molecule has 0 aliphatic rings. The lowest BCUT2D eigenvalue weighted by atomic mass is 9.96. The second kappa shape index (κ2) is 5.13. The second-order valence-electron chi connectivity index (χ2n) is 4.11. The third kappa shape index (κ3) is 2.73. The summed E-state index contributed by atoms with van der Waals surface area (Å²) < 4.78 is 18.6. The van der Waals surface area contributed by atoms with E-state index in [1.165, 1.54) is 13.0 Å². The quantitative estimate of drug-likeness (QED) is 0.750. The van der Waals surface area contributed by atoms with E-state index in [1.54, 1.807) is 7.11 Å². The summed E-state index contributed by atoms with van der Waals surface area (Å²) in [5, 5.41) is 0. The molecule has 0 saturated carbocycles. The monoisotopic (exact) mass is 236 g/mol. The van der Waals surface area contributed by atoms with Crippen LogP contribution in [0.1, 0.15) is 29.2 Å². The molecule has 1 rings (SSSR count). The topological polar surface area (TPSA) is 26.3 Å². The van der Waals surface area contributed by atoms with Crippen LogP contribution >= 0.6 is 0 Å². The lowest BCUT2D eigenvalue weighted by molar-refractivity contribution is -0.114. The molecule has 3 heteroatoms. The van der Waals surface area contributed by atoms with Crippen molar-refractivity contribution >= 4 is 11.9 Å². The van der Waals surface area contributed by atoms with Gasteiger partial charge in [0.25, 0.3) is 0 Å². The number of benzene rings is 1. The molecule has 0 spiro atoms. The first-order chi connectivity index (χ1) is 7.88. The van der Waals surface area contributed by atoms with E-state index in [2.05, 4.69) is 0 Å². The minimum Gasteiger partial charge on any atom is -0.496 e. The van der Waals surface area contributed by atoms with Crippen LogP contribution in [0.15, 0.2) is 11.9 Å². The number of carbonyl (C=O) groups excluding carboxylic acids is 1. The molecule has 0 atom stereocenters. The fraction of sp³-hybridized carbons (Fsp3) is 0.357.